The molecule has 1 amide bonds. The summed E-state index contributed by atoms with van der Waals surface area (Å²) in [6, 6.07) is -1.71. The summed E-state index contributed by atoms with van der Waals surface area (Å²) in [4.78, 5) is 43.7. The molecule has 3 aromatic rings. The number of aliphatic hydroxyl groups is 4. The molecule has 2 saturated heterocycles. The van der Waals surface area contributed by atoms with Crippen molar-refractivity contribution in [3.05, 3.63) is 42.6 Å². The molecule has 2 aliphatic heterocycles. The molecule has 23 heteroatoms. The van der Waals surface area contributed by atoms with Gasteiger partial charge in [-0.1, -0.05) is 0 Å². The van der Waals surface area contributed by atoms with Gasteiger partial charge in [-0.05, 0) is 6.04 Å². The summed E-state index contributed by atoms with van der Waals surface area (Å²) < 4.78 is 83.0. The van der Waals surface area contributed by atoms with Crippen LogP contribution in [0.25, 0.3) is 11.2 Å². The fraction of sp³-hybridized carbons (Fsp3) is 0.476. The van der Waals surface area contributed by atoms with E-state index in [0.29, 0.717) is 4.57 Å². The minimum Gasteiger partial charge on any atom is -0.387 e. The number of hydrogen-bond acceptors (Lipinski definition) is 16. The molecule has 240 valence electrons. The molecular weight excluding hydrogens is 636 g/mol. The fourth-order valence-electron chi connectivity index (χ4n) is 4.32. The first kappa shape index (κ1) is 27.3. The number of primary amides is 1. The normalized spacial score (nSPS) is 32.9. The second-order valence-corrected chi connectivity index (χ2v) is 12.4. The summed E-state index contributed by atoms with van der Waals surface area (Å²) >= 11 is 0. The van der Waals surface area contributed by atoms with E-state index in [2.05, 4.69) is 28.3 Å². The van der Waals surface area contributed by atoms with E-state index in [0.717, 1.165) is 6.33 Å². The highest BCUT2D eigenvalue weighted by molar-refractivity contribution is 7.61. The van der Waals surface area contributed by atoms with Crippen LogP contribution in [-0.2, 0) is 32.0 Å². The maximum Gasteiger partial charge on any atom is 0.481 e. The van der Waals surface area contributed by atoms with Crippen LogP contribution in [0.5, 0.6) is 0 Å². The summed E-state index contributed by atoms with van der Waals surface area (Å²) in [6.07, 6.45) is -13.1. The number of anilines is 1. The molecule has 0 saturated carbocycles. The van der Waals surface area contributed by atoms with Crippen molar-refractivity contribution in [2.45, 2.75) is 49.1 Å². The van der Waals surface area contributed by atoms with Crippen LogP contribution < -0.4 is 16.0 Å². The number of pyridine rings is 1. The van der Waals surface area contributed by atoms with Crippen molar-refractivity contribution in [3.63, 3.8) is 0 Å². The van der Waals surface area contributed by atoms with Crippen molar-refractivity contribution in [1.29, 1.82) is 0 Å². The number of aliphatic hydroxyl groups excluding tert-OH is 4. The molecule has 2 fully saturated rings. The quantitative estimate of drug-likeness (QED) is 0.0744. The number of ether oxygens (including phenoxy) is 2. The number of nitrogens with zero attached hydrogens (tertiary/aromatic N) is 5. The van der Waals surface area contributed by atoms with E-state index in [1.807, 2.05) is 0 Å². The lowest BCUT2D eigenvalue weighted by atomic mass is 10.1. The highest BCUT2D eigenvalue weighted by atomic mass is 31.3. The standard InChI is InChI=1S/C21H27N7O14P2/c22-17-12-19(25-7-24-17)28(8-26-12)21-16(32)14(30)11(41-21)6-39-44(36,37)42-43(34,35)38-5-10-13(29)15(31)20(40-10)27-3-1-2-9(4-27)18(23)33/h1-4,7-8,10-11,13-16,20-21,29-32H,5-6H2,(H5-,22,23,24,25,33,34,35,36,37)/p+1/t10-,11-,13?,14?,15+,16+,20-,21-/m1/s1/i1D,2D,3D,4D. The van der Waals surface area contributed by atoms with Gasteiger partial charge in [-0.25, -0.2) is 24.1 Å². The lowest BCUT2D eigenvalue weighted by Gasteiger charge is -2.20. The van der Waals surface area contributed by atoms with E-state index in [-0.39, 0.29) is 17.0 Å². The number of amides is 1. The molecule has 21 nitrogen and oxygen atoms in total. The van der Waals surface area contributed by atoms with Gasteiger partial charge in [-0.3, -0.25) is 18.4 Å². The first-order valence-corrected chi connectivity index (χ1v) is 15.3. The first-order chi connectivity index (χ1) is 22.3. The average Bonchev–Trinajstić information content (AvgIpc) is 3.64. The molecule has 0 bridgehead atoms. The molecule has 3 aromatic heterocycles. The number of carbonyl (C=O) groups is 1. The topological polar surface area (TPSA) is 318 Å². The van der Waals surface area contributed by atoms with Gasteiger partial charge in [-0.15, -0.1) is 0 Å². The van der Waals surface area contributed by atoms with Crippen LogP contribution in [0.3, 0.4) is 0 Å². The molecule has 44 heavy (non-hydrogen) atoms. The number of nitrogen functional groups attached to an aromatic ring is 1. The summed E-state index contributed by atoms with van der Waals surface area (Å²) in [5.41, 5.74) is 10.4. The van der Waals surface area contributed by atoms with Gasteiger partial charge in [-0.2, -0.15) is 8.88 Å². The number of aromatic nitrogens is 5. The number of phosphoric ester groups is 2. The Morgan fingerprint density at radius 3 is 2.32 bits per heavy atom. The number of phosphoric acid groups is 2. The van der Waals surface area contributed by atoms with Crippen molar-refractivity contribution in [3.8, 4) is 0 Å². The Morgan fingerprint density at radius 1 is 1.02 bits per heavy atom. The molecule has 0 spiro atoms. The molecule has 0 radical (unpaired) electrons. The van der Waals surface area contributed by atoms with Crippen LogP contribution in [0.15, 0.2) is 37.1 Å². The van der Waals surface area contributed by atoms with Crippen molar-refractivity contribution >= 4 is 38.5 Å². The van der Waals surface area contributed by atoms with E-state index in [1.165, 1.54) is 10.9 Å². The van der Waals surface area contributed by atoms with Crippen molar-refractivity contribution in [2.24, 2.45) is 5.73 Å². The minimum atomic E-state index is -5.53. The van der Waals surface area contributed by atoms with Crippen molar-refractivity contribution < 1.29 is 77.0 Å². The largest absolute Gasteiger partial charge is 0.481 e. The van der Waals surface area contributed by atoms with Crippen LogP contribution in [-0.4, -0.2) is 105 Å². The minimum absolute atomic E-state index is 0.0228. The van der Waals surface area contributed by atoms with E-state index < -0.39 is 114 Å². The highest BCUT2D eigenvalue weighted by Crippen LogP contribution is 2.60. The number of fused-ring (bicyclic) bond motifs is 1. The zero-order valence-corrected chi connectivity index (χ0v) is 23.7. The van der Waals surface area contributed by atoms with Crippen LogP contribution >= 0.6 is 15.6 Å². The maximum absolute atomic E-state index is 12.5. The van der Waals surface area contributed by atoms with E-state index in [4.69, 9.17) is 26.4 Å². The number of nitrogens with two attached hydrogens (primary N) is 2. The molecule has 0 aromatic carbocycles. The van der Waals surface area contributed by atoms with Crippen LogP contribution in [0.4, 0.5) is 5.82 Å². The molecule has 4 unspecified atom stereocenters. The zero-order chi connectivity index (χ0) is 35.5. The Bertz CT molecular complexity index is 1840. The number of carbonyl (C=O) groups excluding carboxylic acids is 1. The third-order valence-electron chi connectivity index (χ3n) is 6.44. The second kappa shape index (κ2) is 12.4. The van der Waals surface area contributed by atoms with Crippen molar-refractivity contribution in [1.82, 2.24) is 19.5 Å². The number of rotatable bonds is 11. The van der Waals surface area contributed by atoms with Gasteiger partial charge in [0.05, 0.1) is 22.3 Å². The summed E-state index contributed by atoms with van der Waals surface area (Å²) in [5, 5.41) is 41.9. The molecule has 5 rings (SSSR count). The smallest absolute Gasteiger partial charge is 0.387 e. The second-order valence-electron chi connectivity index (χ2n) is 9.37. The Labute approximate surface area is 252 Å². The lowest BCUT2D eigenvalue weighted by Crippen LogP contribution is -2.46. The van der Waals surface area contributed by atoms with Crippen LogP contribution in [0.2, 0.25) is 0 Å². The third kappa shape index (κ3) is 6.65. The predicted octanol–water partition coefficient (Wildman–Crippen LogP) is -3.02. The molecule has 5 heterocycles. The molecule has 2 aliphatic rings. The summed E-state index contributed by atoms with van der Waals surface area (Å²) in [5.74, 6) is -1.28. The van der Waals surface area contributed by atoms with Gasteiger partial charge in [0.25, 0.3) is 12.1 Å². The number of imidazole rings is 1. The monoisotopic (exact) mass is 668 g/mol. The predicted molar refractivity (Wildman–Crippen MR) is 139 cm³/mol. The Morgan fingerprint density at radius 2 is 1.66 bits per heavy atom. The average molecular weight is 668 g/mol. The zero-order valence-electron chi connectivity index (χ0n) is 25.9. The van der Waals surface area contributed by atoms with Gasteiger partial charge in [0.2, 0.25) is 0 Å². The Hall–Kier alpha value is -3.01. The Kier molecular flexibility index (Phi) is 7.70. The molecule has 10 N–H and O–H groups in total. The van der Waals surface area contributed by atoms with Crippen LogP contribution in [0, 0.1) is 0 Å². The fourth-order valence-corrected chi connectivity index (χ4v) is 6.41. The van der Waals surface area contributed by atoms with E-state index in [9.17, 15) is 44.1 Å². The van der Waals surface area contributed by atoms with Gasteiger partial charge >= 0.3 is 15.6 Å². The maximum atomic E-state index is 12.5. The lowest BCUT2D eigenvalue weighted by molar-refractivity contribution is -0.765. The van der Waals surface area contributed by atoms with Gasteiger partial charge in [0.1, 0.15) is 50.7 Å². The van der Waals surface area contributed by atoms with E-state index >= 15 is 0 Å². The van der Waals surface area contributed by atoms with Crippen LogP contribution in [0.1, 0.15) is 28.3 Å². The SMILES string of the molecule is [2H]c1c([2H])c([2H])[n+]([C@@H]2O[C@H](COP(=O)(O)OP(=O)(O)OC[C@H]3O[C@@H](n4cnc5c(N)ncnc54)[C@@H](O)C3O)C(O)[C@@H]2O)c([2H])c1C(N)=O. The molecule has 0 aliphatic carbocycles. The van der Waals surface area contributed by atoms with Gasteiger partial charge < -0.3 is 51.2 Å². The van der Waals surface area contributed by atoms with Gasteiger partial charge in [0.15, 0.2) is 36.1 Å². The Balaban J connectivity index is 1.20. The van der Waals surface area contributed by atoms with E-state index in [1.54, 1.807) is 0 Å². The van der Waals surface area contributed by atoms with Gasteiger partial charge in [0, 0.05) is 6.04 Å². The molecular formula is C21H28N7O14P2+. The summed E-state index contributed by atoms with van der Waals surface area (Å²) in [6.45, 7) is -2.07. The van der Waals surface area contributed by atoms with Crippen molar-refractivity contribution in [2.75, 3.05) is 18.9 Å². The third-order valence-corrected chi connectivity index (χ3v) is 9.04. The molecule has 10 atom stereocenters. The first-order valence-electron chi connectivity index (χ1n) is 14.3. The highest BCUT2D eigenvalue weighted by Gasteiger charge is 2.50. The number of hydrogen-bond donors (Lipinski definition) is 8. The summed E-state index contributed by atoms with van der Waals surface area (Å²) in [7, 11) is -11.0.